The summed E-state index contributed by atoms with van der Waals surface area (Å²) in [5.41, 5.74) is 5.73. The van der Waals surface area contributed by atoms with Crippen molar-refractivity contribution in [2.45, 2.75) is 0 Å². The number of nitrogens with zero attached hydrogens (tertiary/aromatic N) is 2. The highest BCUT2D eigenvalue weighted by molar-refractivity contribution is 9.10. The highest BCUT2D eigenvalue weighted by atomic mass is 79.9. The molecule has 1 aromatic carbocycles. The molecule has 0 unspecified atom stereocenters. The van der Waals surface area contributed by atoms with Crippen LogP contribution in [0.3, 0.4) is 0 Å². The quantitative estimate of drug-likeness (QED) is 0.859. The summed E-state index contributed by atoms with van der Waals surface area (Å²) in [6.45, 7) is 0. The fourth-order valence-corrected chi connectivity index (χ4v) is 1.75. The van der Waals surface area contributed by atoms with E-state index in [-0.39, 0.29) is 22.9 Å². The zero-order valence-electron chi connectivity index (χ0n) is 9.32. The van der Waals surface area contributed by atoms with E-state index >= 15 is 0 Å². The largest absolute Gasteiger partial charge is 0.434 e. The third-order valence-electron chi connectivity index (χ3n) is 2.24. The molecule has 0 radical (unpaired) electrons. The predicted molar refractivity (Wildman–Crippen MR) is 67.5 cm³/mol. The summed E-state index contributed by atoms with van der Waals surface area (Å²) in [7, 11) is 0. The number of pyridine rings is 1. The van der Waals surface area contributed by atoms with Crippen LogP contribution in [0.15, 0.2) is 28.9 Å². The second-order valence-corrected chi connectivity index (χ2v) is 4.41. The molecule has 0 saturated heterocycles. The third kappa shape index (κ3) is 2.63. The summed E-state index contributed by atoms with van der Waals surface area (Å²) in [6.07, 6.45) is 1.29. The lowest BCUT2D eigenvalue weighted by Crippen LogP contribution is -2.00. The average molecular weight is 326 g/mol. The van der Waals surface area contributed by atoms with E-state index in [9.17, 15) is 8.78 Å². The Morgan fingerprint density at radius 1 is 1.37 bits per heavy atom. The lowest BCUT2D eigenvalue weighted by Gasteiger charge is -2.09. The van der Waals surface area contributed by atoms with Gasteiger partial charge in [-0.3, -0.25) is 0 Å². The molecule has 0 saturated carbocycles. The number of hydrogen-bond acceptors (Lipinski definition) is 4. The van der Waals surface area contributed by atoms with Crippen LogP contribution in [0.2, 0.25) is 0 Å². The maximum Gasteiger partial charge on any atom is 0.244 e. The minimum Gasteiger partial charge on any atom is -0.434 e. The van der Waals surface area contributed by atoms with Crippen molar-refractivity contribution in [3.63, 3.8) is 0 Å². The molecular weight excluding hydrogens is 320 g/mol. The van der Waals surface area contributed by atoms with Crippen molar-refractivity contribution in [3.8, 4) is 17.7 Å². The first-order valence-corrected chi connectivity index (χ1v) is 5.79. The first kappa shape index (κ1) is 13.2. The maximum atomic E-state index is 13.5. The molecule has 96 valence electrons. The Hall–Kier alpha value is -2.20. The molecule has 2 aromatic rings. The van der Waals surface area contributed by atoms with Gasteiger partial charge >= 0.3 is 0 Å². The van der Waals surface area contributed by atoms with E-state index in [0.29, 0.717) is 4.47 Å². The van der Waals surface area contributed by atoms with Gasteiger partial charge in [0.15, 0.2) is 11.6 Å². The van der Waals surface area contributed by atoms with Crippen molar-refractivity contribution in [1.82, 2.24) is 4.98 Å². The monoisotopic (exact) mass is 325 g/mol. The lowest BCUT2D eigenvalue weighted by atomic mass is 10.2. The summed E-state index contributed by atoms with van der Waals surface area (Å²) >= 11 is 3.02. The molecule has 0 atom stereocenters. The smallest absolute Gasteiger partial charge is 0.244 e. The highest BCUT2D eigenvalue weighted by Gasteiger charge is 2.15. The van der Waals surface area contributed by atoms with Crippen LogP contribution in [0.4, 0.5) is 14.5 Å². The van der Waals surface area contributed by atoms with Crippen LogP contribution in [0.5, 0.6) is 11.6 Å². The summed E-state index contributed by atoms with van der Waals surface area (Å²) in [4.78, 5) is 3.78. The SMILES string of the molecule is N#Cc1ccnc(Oc2cc(Br)cc(F)c2F)c1N. The molecule has 1 aromatic heterocycles. The molecule has 0 aliphatic rings. The number of aromatic nitrogens is 1. The van der Waals surface area contributed by atoms with Crippen LogP contribution in [0.1, 0.15) is 5.56 Å². The van der Waals surface area contributed by atoms with Gasteiger partial charge in [-0.15, -0.1) is 0 Å². The number of ether oxygens (including phenoxy) is 1. The van der Waals surface area contributed by atoms with Crippen molar-refractivity contribution in [3.05, 3.63) is 46.1 Å². The van der Waals surface area contributed by atoms with Crippen LogP contribution >= 0.6 is 15.9 Å². The number of nitriles is 1. The van der Waals surface area contributed by atoms with E-state index in [0.717, 1.165) is 6.07 Å². The summed E-state index contributed by atoms with van der Waals surface area (Å²) < 4.78 is 32.1. The van der Waals surface area contributed by atoms with Gasteiger partial charge in [0, 0.05) is 10.7 Å². The Balaban J connectivity index is 2.45. The van der Waals surface area contributed by atoms with Gasteiger partial charge in [0.2, 0.25) is 11.7 Å². The number of rotatable bonds is 2. The average Bonchev–Trinajstić information content (AvgIpc) is 2.37. The normalized spacial score (nSPS) is 10.0. The second kappa shape index (κ2) is 5.20. The van der Waals surface area contributed by atoms with E-state index in [1.54, 1.807) is 0 Å². The standard InChI is InChI=1S/C12H6BrF2N3O/c13-7-3-8(14)10(15)9(4-7)19-12-11(17)6(5-16)1-2-18-12/h1-4H,17H2. The van der Waals surface area contributed by atoms with Gasteiger partial charge in [0.05, 0.1) is 5.56 Å². The number of hydrogen-bond donors (Lipinski definition) is 1. The fourth-order valence-electron chi connectivity index (χ4n) is 1.34. The Bertz CT molecular complexity index is 685. The van der Waals surface area contributed by atoms with Crippen molar-refractivity contribution >= 4 is 21.6 Å². The van der Waals surface area contributed by atoms with Crippen LogP contribution in [0.25, 0.3) is 0 Å². The van der Waals surface area contributed by atoms with Gasteiger partial charge in [-0.05, 0) is 18.2 Å². The molecule has 0 amide bonds. The molecule has 7 heteroatoms. The van der Waals surface area contributed by atoms with E-state index in [1.165, 1.54) is 18.3 Å². The molecule has 0 spiro atoms. The van der Waals surface area contributed by atoms with E-state index in [2.05, 4.69) is 20.9 Å². The van der Waals surface area contributed by atoms with Gasteiger partial charge < -0.3 is 10.5 Å². The van der Waals surface area contributed by atoms with Crippen molar-refractivity contribution in [2.75, 3.05) is 5.73 Å². The van der Waals surface area contributed by atoms with Crippen molar-refractivity contribution in [2.24, 2.45) is 0 Å². The minimum atomic E-state index is -1.16. The van der Waals surface area contributed by atoms with Gasteiger partial charge in [0.25, 0.3) is 0 Å². The number of nitrogen functional groups attached to an aromatic ring is 1. The first-order valence-electron chi connectivity index (χ1n) is 5.00. The fraction of sp³-hybridized carbons (Fsp3) is 0. The van der Waals surface area contributed by atoms with Crippen LogP contribution in [-0.4, -0.2) is 4.98 Å². The number of nitrogens with two attached hydrogens (primary N) is 1. The zero-order chi connectivity index (χ0) is 14.0. The Labute approximate surface area is 115 Å². The van der Waals surface area contributed by atoms with Gasteiger partial charge in [0.1, 0.15) is 11.8 Å². The molecule has 2 N–H and O–H groups in total. The van der Waals surface area contributed by atoms with Crippen molar-refractivity contribution < 1.29 is 13.5 Å². The van der Waals surface area contributed by atoms with E-state index in [1.807, 2.05) is 6.07 Å². The molecule has 0 aliphatic carbocycles. The second-order valence-electron chi connectivity index (χ2n) is 3.49. The molecule has 0 aliphatic heterocycles. The summed E-state index contributed by atoms with van der Waals surface area (Å²) in [6, 6.07) is 5.42. The van der Waals surface area contributed by atoms with Gasteiger partial charge in [-0.2, -0.15) is 9.65 Å². The molecular formula is C12H6BrF2N3O. The molecule has 4 nitrogen and oxygen atoms in total. The maximum absolute atomic E-state index is 13.5. The van der Waals surface area contributed by atoms with Crippen LogP contribution in [-0.2, 0) is 0 Å². The van der Waals surface area contributed by atoms with Crippen molar-refractivity contribution in [1.29, 1.82) is 5.26 Å². The first-order chi connectivity index (χ1) is 9.02. The third-order valence-corrected chi connectivity index (χ3v) is 2.70. The van der Waals surface area contributed by atoms with Crippen LogP contribution < -0.4 is 10.5 Å². The summed E-state index contributed by atoms with van der Waals surface area (Å²) in [5, 5.41) is 8.80. The number of benzene rings is 1. The molecule has 0 bridgehead atoms. The van der Waals surface area contributed by atoms with Gasteiger partial charge in [-0.1, -0.05) is 15.9 Å². The lowest BCUT2D eigenvalue weighted by molar-refractivity contribution is 0.406. The molecule has 19 heavy (non-hydrogen) atoms. The Kier molecular flexibility index (Phi) is 3.62. The van der Waals surface area contributed by atoms with E-state index in [4.69, 9.17) is 15.7 Å². The van der Waals surface area contributed by atoms with Gasteiger partial charge in [-0.25, -0.2) is 9.37 Å². The molecule has 1 heterocycles. The minimum absolute atomic E-state index is 0.0372. The highest BCUT2D eigenvalue weighted by Crippen LogP contribution is 2.32. The Morgan fingerprint density at radius 3 is 2.79 bits per heavy atom. The topological polar surface area (TPSA) is 71.9 Å². The Morgan fingerprint density at radius 2 is 2.11 bits per heavy atom. The number of halogens is 3. The molecule has 2 rings (SSSR count). The predicted octanol–water partition coefficient (Wildman–Crippen LogP) is 3.37. The summed E-state index contributed by atoms with van der Waals surface area (Å²) in [5.74, 6) is -2.76. The molecule has 0 fully saturated rings. The van der Waals surface area contributed by atoms with Crippen LogP contribution in [0, 0.1) is 23.0 Å². The zero-order valence-corrected chi connectivity index (χ0v) is 10.9. The van der Waals surface area contributed by atoms with E-state index < -0.39 is 11.6 Å². The number of anilines is 1.